The summed E-state index contributed by atoms with van der Waals surface area (Å²) in [4.78, 5) is -0.470. The molecule has 0 aliphatic heterocycles. The Morgan fingerprint density at radius 3 is 2.60 bits per heavy atom. The molecule has 0 heterocycles. The van der Waals surface area contributed by atoms with Crippen LogP contribution >= 0.6 is 0 Å². The van der Waals surface area contributed by atoms with Crippen LogP contribution in [0.25, 0.3) is 0 Å². The molecule has 0 fully saturated rings. The minimum absolute atomic E-state index is 0.0339. The topological polar surface area (TPSA) is 84.9 Å². The highest BCUT2D eigenvalue weighted by molar-refractivity contribution is 7.89. The number of rotatable bonds is 8. The molecular formula is C12H18FNO5S. The highest BCUT2D eigenvalue weighted by Gasteiger charge is 2.20. The van der Waals surface area contributed by atoms with Crippen LogP contribution in [-0.2, 0) is 26.1 Å². The van der Waals surface area contributed by atoms with E-state index >= 15 is 0 Å². The van der Waals surface area contributed by atoms with Crippen LogP contribution in [0.5, 0.6) is 0 Å². The van der Waals surface area contributed by atoms with E-state index in [4.69, 9.17) is 14.6 Å². The predicted molar refractivity (Wildman–Crippen MR) is 70.2 cm³/mol. The summed E-state index contributed by atoms with van der Waals surface area (Å²) in [5, 5.41) is 8.86. The van der Waals surface area contributed by atoms with Gasteiger partial charge in [0.15, 0.2) is 0 Å². The van der Waals surface area contributed by atoms with Crippen molar-refractivity contribution < 1.29 is 27.4 Å². The normalized spacial score (nSPS) is 13.4. The molecule has 2 N–H and O–H groups in total. The molecule has 1 atom stereocenters. The van der Waals surface area contributed by atoms with Crippen LogP contribution < -0.4 is 4.72 Å². The molecule has 0 saturated carbocycles. The number of aliphatic hydroxyl groups excluding tert-OH is 1. The molecular weight excluding hydrogens is 289 g/mol. The lowest BCUT2D eigenvalue weighted by Gasteiger charge is -2.15. The van der Waals surface area contributed by atoms with Crippen molar-refractivity contribution in [1.29, 1.82) is 0 Å². The summed E-state index contributed by atoms with van der Waals surface area (Å²) in [6.07, 6.45) is -0.463. The lowest BCUT2D eigenvalue weighted by Crippen LogP contribution is -2.35. The van der Waals surface area contributed by atoms with Gasteiger partial charge in [0, 0.05) is 20.8 Å². The van der Waals surface area contributed by atoms with Crippen molar-refractivity contribution in [1.82, 2.24) is 4.72 Å². The molecule has 0 amide bonds. The van der Waals surface area contributed by atoms with Crippen LogP contribution in [0.15, 0.2) is 23.1 Å². The predicted octanol–water partition coefficient (Wildman–Crippen LogP) is 0.258. The third-order valence-electron chi connectivity index (χ3n) is 2.66. The fraction of sp³-hybridized carbons (Fsp3) is 0.500. The van der Waals surface area contributed by atoms with Gasteiger partial charge in [-0.2, -0.15) is 0 Å². The molecule has 0 saturated heterocycles. The minimum Gasteiger partial charge on any atom is -0.392 e. The second-order valence-electron chi connectivity index (χ2n) is 4.09. The van der Waals surface area contributed by atoms with E-state index in [1.165, 1.54) is 20.3 Å². The molecule has 0 radical (unpaired) electrons. The maximum Gasteiger partial charge on any atom is 0.243 e. The summed E-state index contributed by atoms with van der Waals surface area (Å²) in [5.41, 5.74) is 0.301. The maximum atomic E-state index is 13.7. The van der Waals surface area contributed by atoms with E-state index in [9.17, 15) is 12.8 Å². The monoisotopic (exact) mass is 307 g/mol. The first-order valence-electron chi connectivity index (χ1n) is 5.85. The Balaban J connectivity index is 2.83. The fourth-order valence-corrected chi connectivity index (χ4v) is 2.66. The molecule has 8 heteroatoms. The summed E-state index contributed by atoms with van der Waals surface area (Å²) in [6, 6.07) is 3.44. The number of methoxy groups -OCH3 is 2. The average Bonchev–Trinajstić information content (AvgIpc) is 2.42. The second kappa shape index (κ2) is 7.65. The van der Waals surface area contributed by atoms with E-state index in [1.54, 1.807) is 0 Å². The van der Waals surface area contributed by atoms with E-state index in [2.05, 4.69) is 4.72 Å². The number of benzene rings is 1. The van der Waals surface area contributed by atoms with E-state index in [0.717, 1.165) is 12.1 Å². The smallest absolute Gasteiger partial charge is 0.243 e. The van der Waals surface area contributed by atoms with Crippen molar-refractivity contribution in [2.45, 2.75) is 17.6 Å². The minimum atomic E-state index is -3.98. The molecule has 20 heavy (non-hydrogen) atoms. The number of aliphatic hydroxyl groups is 1. The van der Waals surface area contributed by atoms with Gasteiger partial charge >= 0.3 is 0 Å². The first kappa shape index (κ1) is 17.0. The zero-order chi connectivity index (χ0) is 15.2. The quantitative estimate of drug-likeness (QED) is 0.719. The van der Waals surface area contributed by atoms with Crippen molar-refractivity contribution in [2.24, 2.45) is 0 Å². The molecule has 0 aromatic heterocycles. The van der Waals surface area contributed by atoms with Crippen molar-refractivity contribution in [3.63, 3.8) is 0 Å². The van der Waals surface area contributed by atoms with Crippen molar-refractivity contribution in [3.8, 4) is 0 Å². The fourth-order valence-electron chi connectivity index (χ4n) is 1.54. The largest absolute Gasteiger partial charge is 0.392 e. The lowest BCUT2D eigenvalue weighted by atomic mass is 10.2. The van der Waals surface area contributed by atoms with E-state index in [0.29, 0.717) is 5.56 Å². The standard InChI is InChI=1S/C12H18FNO5S/c1-18-8-10(19-2)6-14-20(16,17)12-4-3-9(7-15)5-11(12)13/h3-5,10,14-15H,6-8H2,1-2H3. The number of halogens is 1. The van der Waals surface area contributed by atoms with Crippen molar-refractivity contribution >= 4 is 10.0 Å². The number of ether oxygens (including phenoxy) is 2. The van der Waals surface area contributed by atoms with Gasteiger partial charge in [-0.3, -0.25) is 0 Å². The summed E-state index contributed by atoms with van der Waals surface area (Å²) in [6.45, 7) is -0.177. The van der Waals surface area contributed by atoms with Crippen LogP contribution in [0.1, 0.15) is 5.56 Å². The van der Waals surface area contributed by atoms with Crippen LogP contribution in [0, 0.1) is 5.82 Å². The first-order chi connectivity index (χ1) is 9.44. The summed E-state index contributed by atoms with van der Waals surface area (Å²) in [7, 11) is -1.09. The molecule has 0 bridgehead atoms. The number of hydrogen-bond donors (Lipinski definition) is 2. The molecule has 114 valence electrons. The Hall–Kier alpha value is -1.06. The lowest BCUT2D eigenvalue weighted by molar-refractivity contribution is 0.0320. The second-order valence-corrected chi connectivity index (χ2v) is 5.82. The van der Waals surface area contributed by atoms with Gasteiger partial charge in [-0.15, -0.1) is 0 Å². The molecule has 6 nitrogen and oxygen atoms in total. The summed E-state index contributed by atoms with van der Waals surface area (Å²) >= 11 is 0. The molecule has 1 rings (SSSR count). The van der Waals surface area contributed by atoms with Gasteiger partial charge in [0.2, 0.25) is 10.0 Å². The Kier molecular flexibility index (Phi) is 6.50. The van der Waals surface area contributed by atoms with Crippen LogP contribution in [-0.4, -0.2) is 47.0 Å². The molecule has 1 unspecified atom stereocenters. The SMILES string of the molecule is COCC(CNS(=O)(=O)c1ccc(CO)cc1F)OC. The van der Waals surface area contributed by atoms with E-state index in [-0.39, 0.29) is 19.8 Å². The van der Waals surface area contributed by atoms with Gasteiger partial charge < -0.3 is 14.6 Å². The summed E-state index contributed by atoms with van der Waals surface area (Å²) in [5.74, 6) is -0.912. The zero-order valence-electron chi connectivity index (χ0n) is 11.3. The van der Waals surface area contributed by atoms with Crippen molar-refractivity contribution in [2.75, 3.05) is 27.4 Å². The highest BCUT2D eigenvalue weighted by atomic mass is 32.2. The third kappa shape index (κ3) is 4.50. The third-order valence-corrected chi connectivity index (χ3v) is 4.11. The zero-order valence-corrected chi connectivity index (χ0v) is 12.1. The van der Waals surface area contributed by atoms with Crippen LogP contribution in [0.4, 0.5) is 4.39 Å². The molecule has 0 aliphatic carbocycles. The number of sulfonamides is 1. The van der Waals surface area contributed by atoms with Gasteiger partial charge in [-0.1, -0.05) is 6.07 Å². The van der Waals surface area contributed by atoms with Crippen molar-refractivity contribution in [3.05, 3.63) is 29.6 Å². The molecule has 1 aromatic carbocycles. The maximum absolute atomic E-state index is 13.7. The van der Waals surface area contributed by atoms with Gasteiger partial charge in [0.25, 0.3) is 0 Å². The Morgan fingerprint density at radius 2 is 2.10 bits per heavy atom. The number of nitrogens with one attached hydrogen (secondary N) is 1. The van der Waals surface area contributed by atoms with Crippen LogP contribution in [0.3, 0.4) is 0 Å². The Labute approximate surface area is 117 Å². The van der Waals surface area contributed by atoms with E-state index in [1.807, 2.05) is 0 Å². The molecule has 1 aromatic rings. The Bertz CT molecular complexity index is 535. The van der Waals surface area contributed by atoms with Gasteiger partial charge in [-0.05, 0) is 17.7 Å². The average molecular weight is 307 g/mol. The number of hydrogen-bond acceptors (Lipinski definition) is 5. The Morgan fingerprint density at radius 1 is 1.40 bits per heavy atom. The van der Waals surface area contributed by atoms with Crippen LogP contribution in [0.2, 0.25) is 0 Å². The summed E-state index contributed by atoms with van der Waals surface area (Å²) < 4.78 is 49.8. The van der Waals surface area contributed by atoms with E-state index < -0.39 is 26.8 Å². The molecule has 0 spiro atoms. The van der Waals surface area contributed by atoms with Gasteiger partial charge in [0.05, 0.1) is 19.3 Å². The van der Waals surface area contributed by atoms with Gasteiger partial charge in [-0.25, -0.2) is 17.5 Å². The molecule has 0 aliphatic rings. The highest BCUT2D eigenvalue weighted by Crippen LogP contribution is 2.16. The first-order valence-corrected chi connectivity index (χ1v) is 7.33. The van der Waals surface area contributed by atoms with Gasteiger partial charge in [0.1, 0.15) is 10.7 Å².